The SMILES string of the molecule is C[C@H]1C[C@H](C(F)(F)F)c2c(n(C)[nH]c2=O)N1. The van der Waals surface area contributed by atoms with Gasteiger partial charge in [0.25, 0.3) is 5.56 Å². The average molecular weight is 235 g/mol. The zero-order chi connectivity index (χ0) is 12.1. The van der Waals surface area contributed by atoms with Crippen molar-refractivity contribution in [1.82, 2.24) is 9.78 Å². The first-order valence-corrected chi connectivity index (χ1v) is 4.93. The van der Waals surface area contributed by atoms with Crippen molar-refractivity contribution in [3.8, 4) is 0 Å². The fourth-order valence-corrected chi connectivity index (χ4v) is 2.12. The normalized spacial score (nSPS) is 25.1. The Kier molecular flexibility index (Phi) is 2.28. The van der Waals surface area contributed by atoms with Crippen LogP contribution in [0.2, 0.25) is 0 Å². The van der Waals surface area contributed by atoms with Crippen LogP contribution in [0.15, 0.2) is 4.79 Å². The molecule has 0 amide bonds. The Bertz CT molecular complexity index is 460. The summed E-state index contributed by atoms with van der Waals surface area (Å²) in [5, 5.41) is 5.22. The first kappa shape index (κ1) is 11.1. The lowest BCUT2D eigenvalue weighted by Gasteiger charge is -2.29. The van der Waals surface area contributed by atoms with Gasteiger partial charge >= 0.3 is 6.18 Å². The maximum Gasteiger partial charge on any atom is 0.396 e. The van der Waals surface area contributed by atoms with E-state index in [2.05, 4.69) is 10.4 Å². The number of aromatic nitrogens is 2. The molecule has 0 aromatic carbocycles. The van der Waals surface area contributed by atoms with Gasteiger partial charge < -0.3 is 5.32 Å². The van der Waals surface area contributed by atoms with Gasteiger partial charge in [-0.1, -0.05) is 0 Å². The highest BCUT2D eigenvalue weighted by Crippen LogP contribution is 2.42. The second-order valence-electron chi connectivity index (χ2n) is 4.14. The summed E-state index contributed by atoms with van der Waals surface area (Å²) in [6.45, 7) is 1.67. The van der Waals surface area contributed by atoms with Crippen LogP contribution < -0.4 is 10.9 Å². The molecule has 0 fully saturated rings. The van der Waals surface area contributed by atoms with Crippen molar-refractivity contribution in [3.63, 3.8) is 0 Å². The summed E-state index contributed by atoms with van der Waals surface area (Å²) in [4.78, 5) is 11.4. The second-order valence-corrected chi connectivity index (χ2v) is 4.14. The molecule has 1 aliphatic rings. The number of fused-ring (bicyclic) bond motifs is 1. The average Bonchev–Trinajstić information content (AvgIpc) is 2.40. The highest BCUT2D eigenvalue weighted by Gasteiger charge is 2.47. The van der Waals surface area contributed by atoms with E-state index in [4.69, 9.17) is 0 Å². The molecule has 90 valence electrons. The Balaban J connectivity index is 2.58. The van der Waals surface area contributed by atoms with Gasteiger partial charge in [0.05, 0.1) is 11.5 Å². The van der Waals surface area contributed by atoms with E-state index in [-0.39, 0.29) is 23.8 Å². The Morgan fingerprint density at radius 2 is 2.06 bits per heavy atom. The molecule has 2 atom stereocenters. The zero-order valence-corrected chi connectivity index (χ0v) is 8.85. The number of hydrogen-bond donors (Lipinski definition) is 2. The van der Waals surface area contributed by atoms with Gasteiger partial charge in [0.1, 0.15) is 5.82 Å². The van der Waals surface area contributed by atoms with Gasteiger partial charge in [-0.2, -0.15) is 13.2 Å². The molecular weight excluding hydrogens is 223 g/mol. The number of aromatic amines is 1. The molecule has 0 radical (unpaired) electrons. The third-order valence-electron chi connectivity index (χ3n) is 2.82. The van der Waals surface area contributed by atoms with Gasteiger partial charge in [-0.05, 0) is 13.3 Å². The minimum atomic E-state index is -4.38. The Labute approximate surface area is 89.4 Å². The van der Waals surface area contributed by atoms with E-state index in [1.165, 1.54) is 11.7 Å². The minimum absolute atomic E-state index is 0.108. The summed E-state index contributed by atoms with van der Waals surface area (Å²) >= 11 is 0. The molecule has 0 bridgehead atoms. The molecule has 0 unspecified atom stereocenters. The lowest BCUT2D eigenvalue weighted by Crippen LogP contribution is -2.35. The number of H-pyrrole nitrogens is 1. The summed E-state index contributed by atoms with van der Waals surface area (Å²) < 4.78 is 39.7. The van der Waals surface area contributed by atoms with Gasteiger partial charge in [0, 0.05) is 13.1 Å². The first-order chi connectivity index (χ1) is 7.30. The zero-order valence-electron chi connectivity index (χ0n) is 8.85. The van der Waals surface area contributed by atoms with Crippen molar-refractivity contribution < 1.29 is 13.2 Å². The van der Waals surface area contributed by atoms with E-state index in [1.807, 2.05) is 0 Å². The van der Waals surface area contributed by atoms with E-state index < -0.39 is 17.7 Å². The quantitative estimate of drug-likeness (QED) is 0.717. The molecule has 1 aromatic rings. The highest BCUT2D eigenvalue weighted by atomic mass is 19.4. The molecule has 4 nitrogen and oxygen atoms in total. The molecule has 2 N–H and O–H groups in total. The largest absolute Gasteiger partial charge is 0.396 e. The molecule has 1 aliphatic heterocycles. The summed E-state index contributed by atoms with van der Waals surface area (Å²) in [5.74, 6) is -1.44. The number of aryl methyl sites for hydroxylation is 1. The third-order valence-corrected chi connectivity index (χ3v) is 2.82. The van der Waals surface area contributed by atoms with Crippen LogP contribution in [0, 0.1) is 0 Å². The molecule has 0 aliphatic carbocycles. The van der Waals surface area contributed by atoms with Crippen LogP contribution in [0.3, 0.4) is 0 Å². The van der Waals surface area contributed by atoms with E-state index in [0.29, 0.717) is 0 Å². The van der Waals surface area contributed by atoms with Gasteiger partial charge in [-0.3, -0.25) is 14.6 Å². The van der Waals surface area contributed by atoms with Crippen molar-refractivity contribution in [3.05, 3.63) is 15.9 Å². The lowest BCUT2D eigenvalue weighted by molar-refractivity contribution is -0.153. The first-order valence-electron chi connectivity index (χ1n) is 4.93. The second kappa shape index (κ2) is 3.29. The summed E-state index contributed by atoms with van der Waals surface area (Å²) in [5.41, 5.74) is -0.868. The number of rotatable bonds is 0. The van der Waals surface area contributed by atoms with Crippen molar-refractivity contribution >= 4 is 5.82 Å². The molecule has 7 heteroatoms. The Morgan fingerprint density at radius 1 is 1.44 bits per heavy atom. The topological polar surface area (TPSA) is 49.8 Å². The molecule has 0 saturated carbocycles. The minimum Gasteiger partial charge on any atom is -0.368 e. The van der Waals surface area contributed by atoms with E-state index >= 15 is 0 Å². The number of anilines is 1. The van der Waals surface area contributed by atoms with Gasteiger partial charge in [0.15, 0.2) is 0 Å². The highest BCUT2D eigenvalue weighted by molar-refractivity contribution is 5.50. The summed E-state index contributed by atoms with van der Waals surface area (Å²) in [7, 11) is 1.51. The Hall–Kier alpha value is -1.40. The molecule has 0 saturated heterocycles. The molecule has 2 heterocycles. The van der Waals surface area contributed by atoms with Crippen LogP contribution in [-0.4, -0.2) is 22.0 Å². The fraction of sp³-hybridized carbons (Fsp3) is 0.667. The smallest absolute Gasteiger partial charge is 0.368 e. The van der Waals surface area contributed by atoms with E-state index in [0.717, 1.165) is 0 Å². The van der Waals surface area contributed by atoms with Crippen molar-refractivity contribution in [2.75, 3.05) is 5.32 Å². The third kappa shape index (κ3) is 1.60. The van der Waals surface area contributed by atoms with Crippen LogP contribution in [-0.2, 0) is 7.05 Å². The number of alkyl halides is 3. The number of nitrogens with one attached hydrogen (secondary N) is 2. The Morgan fingerprint density at radius 3 is 2.62 bits per heavy atom. The number of nitrogens with zero attached hydrogens (tertiary/aromatic N) is 1. The molecule has 16 heavy (non-hydrogen) atoms. The predicted molar refractivity (Wildman–Crippen MR) is 52.5 cm³/mol. The molecule has 1 aromatic heterocycles. The maximum absolute atomic E-state index is 12.8. The molecule has 2 rings (SSSR count). The number of hydrogen-bond acceptors (Lipinski definition) is 2. The lowest BCUT2D eigenvalue weighted by atomic mass is 9.90. The van der Waals surface area contributed by atoms with Gasteiger partial charge in [-0.15, -0.1) is 0 Å². The summed E-state index contributed by atoms with van der Waals surface area (Å²) in [6, 6.07) is -0.305. The molecule has 0 spiro atoms. The van der Waals surface area contributed by atoms with E-state index in [9.17, 15) is 18.0 Å². The standard InChI is InChI=1S/C9H12F3N3O/c1-4-3-5(9(10,11)12)6-7(13-4)15(2)14-8(6)16/h4-5,13H,3H2,1-2H3,(H,14,16)/t4-,5-/m0/s1. The van der Waals surface area contributed by atoms with Crippen LogP contribution in [0.4, 0.5) is 19.0 Å². The summed E-state index contributed by atoms with van der Waals surface area (Å²) in [6.07, 6.45) is -4.48. The predicted octanol–water partition coefficient (Wildman–Crippen LogP) is 1.56. The maximum atomic E-state index is 12.8. The molecular formula is C9H12F3N3O. The fourth-order valence-electron chi connectivity index (χ4n) is 2.12. The van der Waals surface area contributed by atoms with Crippen molar-refractivity contribution in [2.45, 2.75) is 31.5 Å². The number of halogens is 3. The van der Waals surface area contributed by atoms with Crippen LogP contribution in [0.25, 0.3) is 0 Å². The van der Waals surface area contributed by atoms with Gasteiger partial charge in [0.2, 0.25) is 0 Å². The van der Waals surface area contributed by atoms with Crippen molar-refractivity contribution in [2.24, 2.45) is 7.05 Å². The van der Waals surface area contributed by atoms with Crippen LogP contribution in [0.1, 0.15) is 24.8 Å². The van der Waals surface area contributed by atoms with E-state index in [1.54, 1.807) is 6.92 Å². The monoisotopic (exact) mass is 235 g/mol. The van der Waals surface area contributed by atoms with Crippen molar-refractivity contribution in [1.29, 1.82) is 0 Å². The van der Waals surface area contributed by atoms with Gasteiger partial charge in [-0.25, -0.2) is 0 Å². The van der Waals surface area contributed by atoms with Crippen LogP contribution >= 0.6 is 0 Å². The van der Waals surface area contributed by atoms with Crippen LogP contribution in [0.5, 0.6) is 0 Å².